The van der Waals surface area contributed by atoms with Gasteiger partial charge in [0.2, 0.25) is 0 Å². The maximum atomic E-state index is 13.6. The van der Waals surface area contributed by atoms with Gasteiger partial charge in [0, 0.05) is 11.6 Å². The fourth-order valence-electron chi connectivity index (χ4n) is 1.51. The molecule has 7 heteroatoms. The van der Waals surface area contributed by atoms with Crippen LogP contribution >= 0.6 is 24.0 Å². The maximum absolute atomic E-state index is 13.6. The summed E-state index contributed by atoms with van der Waals surface area (Å²) in [5.74, 6) is -0.874. The Bertz CT molecular complexity index is 407. The van der Waals surface area contributed by atoms with E-state index in [4.69, 9.17) is 17.3 Å². The highest BCUT2D eigenvalue weighted by Gasteiger charge is 2.32. The summed E-state index contributed by atoms with van der Waals surface area (Å²) >= 11 is 5.44. The standard InChI is InChI=1S/C11H12ClF4N.ClH/c1-2-3-9(17)7-4-6(11(14,15)16)5-8(12)10(7)13;/h4-5,9H,2-3,17H2,1H3;1H/t9-;/m1./s1. The summed E-state index contributed by atoms with van der Waals surface area (Å²) in [6.45, 7) is 1.81. The number of rotatable bonds is 3. The van der Waals surface area contributed by atoms with Crippen molar-refractivity contribution in [2.75, 3.05) is 0 Å². The zero-order chi connectivity index (χ0) is 13.2. The number of alkyl halides is 3. The summed E-state index contributed by atoms with van der Waals surface area (Å²) in [5.41, 5.74) is 4.45. The molecule has 0 aliphatic carbocycles. The third-order valence-corrected chi connectivity index (χ3v) is 2.66. The van der Waals surface area contributed by atoms with Gasteiger partial charge in [-0.15, -0.1) is 12.4 Å². The molecule has 0 saturated heterocycles. The molecule has 0 bridgehead atoms. The summed E-state index contributed by atoms with van der Waals surface area (Å²) in [6.07, 6.45) is -3.51. The van der Waals surface area contributed by atoms with Crippen molar-refractivity contribution in [2.45, 2.75) is 32.0 Å². The topological polar surface area (TPSA) is 26.0 Å². The first-order valence-corrected chi connectivity index (χ1v) is 5.46. The molecule has 1 atom stereocenters. The molecule has 104 valence electrons. The SMILES string of the molecule is CCC[C@@H](N)c1cc(C(F)(F)F)cc(Cl)c1F.Cl. The van der Waals surface area contributed by atoms with Crippen LogP contribution in [0.1, 0.15) is 36.9 Å². The molecule has 1 nitrogen and oxygen atoms in total. The number of hydrogen-bond acceptors (Lipinski definition) is 1. The van der Waals surface area contributed by atoms with Crippen LogP contribution in [0.2, 0.25) is 5.02 Å². The molecular formula is C11H13Cl2F4N. The fraction of sp³-hybridized carbons (Fsp3) is 0.455. The highest BCUT2D eigenvalue weighted by Crippen LogP contribution is 2.35. The van der Waals surface area contributed by atoms with Crippen LogP contribution < -0.4 is 5.73 Å². The van der Waals surface area contributed by atoms with E-state index in [1.807, 2.05) is 6.92 Å². The van der Waals surface area contributed by atoms with Gasteiger partial charge in [0.05, 0.1) is 10.6 Å². The van der Waals surface area contributed by atoms with Crippen molar-refractivity contribution in [3.05, 3.63) is 34.1 Å². The molecule has 0 aliphatic rings. The summed E-state index contributed by atoms with van der Waals surface area (Å²) in [7, 11) is 0. The number of benzene rings is 1. The van der Waals surface area contributed by atoms with E-state index in [1.165, 1.54) is 0 Å². The second-order valence-electron chi connectivity index (χ2n) is 3.75. The molecule has 0 heterocycles. The molecular weight excluding hydrogens is 293 g/mol. The van der Waals surface area contributed by atoms with E-state index in [-0.39, 0.29) is 18.0 Å². The normalized spacial score (nSPS) is 13.1. The van der Waals surface area contributed by atoms with E-state index in [2.05, 4.69) is 0 Å². The van der Waals surface area contributed by atoms with Gasteiger partial charge in [-0.05, 0) is 18.6 Å². The van der Waals surface area contributed by atoms with Crippen molar-refractivity contribution < 1.29 is 17.6 Å². The van der Waals surface area contributed by atoms with Crippen LogP contribution in [0.15, 0.2) is 12.1 Å². The van der Waals surface area contributed by atoms with Crippen LogP contribution in [0, 0.1) is 5.82 Å². The van der Waals surface area contributed by atoms with Crippen LogP contribution in [0.4, 0.5) is 17.6 Å². The maximum Gasteiger partial charge on any atom is 0.416 e. The van der Waals surface area contributed by atoms with Crippen molar-refractivity contribution in [2.24, 2.45) is 5.73 Å². The Hall–Kier alpha value is -0.520. The lowest BCUT2D eigenvalue weighted by Crippen LogP contribution is -2.14. The highest BCUT2D eigenvalue weighted by atomic mass is 35.5. The predicted octanol–water partition coefficient (Wildman–Crippen LogP) is 4.72. The second kappa shape index (κ2) is 6.59. The van der Waals surface area contributed by atoms with Crippen LogP contribution in [-0.4, -0.2) is 0 Å². The van der Waals surface area contributed by atoms with E-state index < -0.39 is 28.6 Å². The molecule has 1 aromatic rings. The molecule has 1 aromatic carbocycles. The Balaban J connectivity index is 0.00000289. The largest absolute Gasteiger partial charge is 0.416 e. The van der Waals surface area contributed by atoms with E-state index in [0.29, 0.717) is 18.9 Å². The van der Waals surface area contributed by atoms with Gasteiger partial charge in [0.15, 0.2) is 0 Å². The van der Waals surface area contributed by atoms with Gasteiger partial charge in [-0.25, -0.2) is 4.39 Å². The molecule has 0 unspecified atom stereocenters. The lowest BCUT2D eigenvalue weighted by atomic mass is 10.00. The summed E-state index contributed by atoms with van der Waals surface area (Å²) in [4.78, 5) is 0. The number of halogens is 6. The molecule has 18 heavy (non-hydrogen) atoms. The molecule has 0 aromatic heterocycles. The highest BCUT2D eigenvalue weighted by molar-refractivity contribution is 6.30. The van der Waals surface area contributed by atoms with Gasteiger partial charge in [-0.2, -0.15) is 13.2 Å². The fourth-order valence-corrected chi connectivity index (χ4v) is 1.74. The molecule has 0 spiro atoms. The van der Waals surface area contributed by atoms with E-state index in [1.54, 1.807) is 0 Å². The second-order valence-corrected chi connectivity index (χ2v) is 4.16. The molecule has 0 fully saturated rings. The predicted molar refractivity (Wildman–Crippen MR) is 65.5 cm³/mol. The van der Waals surface area contributed by atoms with Crippen molar-refractivity contribution in [3.63, 3.8) is 0 Å². The van der Waals surface area contributed by atoms with Crippen molar-refractivity contribution in [3.8, 4) is 0 Å². The first kappa shape index (κ1) is 17.5. The Morgan fingerprint density at radius 1 is 1.33 bits per heavy atom. The van der Waals surface area contributed by atoms with Gasteiger partial charge >= 0.3 is 6.18 Å². The Labute approximate surface area is 114 Å². The van der Waals surface area contributed by atoms with Crippen LogP contribution in [0.25, 0.3) is 0 Å². The third-order valence-electron chi connectivity index (χ3n) is 2.38. The third kappa shape index (κ3) is 4.00. The van der Waals surface area contributed by atoms with E-state index in [0.717, 1.165) is 6.07 Å². The minimum absolute atomic E-state index is 0. The average Bonchev–Trinajstić information content (AvgIpc) is 2.20. The Morgan fingerprint density at radius 2 is 1.89 bits per heavy atom. The van der Waals surface area contributed by atoms with Gasteiger partial charge in [0.1, 0.15) is 5.82 Å². The first-order valence-electron chi connectivity index (χ1n) is 5.09. The zero-order valence-corrected chi connectivity index (χ0v) is 11.1. The van der Waals surface area contributed by atoms with Crippen LogP contribution in [0.5, 0.6) is 0 Å². The van der Waals surface area contributed by atoms with Gasteiger partial charge in [-0.1, -0.05) is 24.9 Å². The van der Waals surface area contributed by atoms with Crippen molar-refractivity contribution in [1.82, 2.24) is 0 Å². The molecule has 1 rings (SSSR count). The molecule has 0 saturated carbocycles. The molecule has 0 aliphatic heterocycles. The quantitative estimate of drug-likeness (QED) is 0.803. The van der Waals surface area contributed by atoms with Gasteiger partial charge in [-0.3, -0.25) is 0 Å². The smallest absolute Gasteiger partial charge is 0.324 e. The summed E-state index contributed by atoms with van der Waals surface area (Å²) in [5, 5.41) is -0.554. The summed E-state index contributed by atoms with van der Waals surface area (Å²) in [6, 6.07) is 0.514. The van der Waals surface area contributed by atoms with Gasteiger partial charge in [0.25, 0.3) is 0 Å². The van der Waals surface area contributed by atoms with Crippen LogP contribution in [-0.2, 0) is 6.18 Å². The average molecular weight is 306 g/mol. The van der Waals surface area contributed by atoms with E-state index in [9.17, 15) is 17.6 Å². The first-order chi connectivity index (χ1) is 7.77. The van der Waals surface area contributed by atoms with Crippen molar-refractivity contribution in [1.29, 1.82) is 0 Å². The zero-order valence-electron chi connectivity index (χ0n) is 9.52. The minimum Gasteiger partial charge on any atom is -0.324 e. The minimum atomic E-state index is -4.56. The number of hydrogen-bond donors (Lipinski definition) is 1. The lowest BCUT2D eigenvalue weighted by Gasteiger charge is -2.16. The number of nitrogens with two attached hydrogens (primary N) is 1. The lowest BCUT2D eigenvalue weighted by molar-refractivity contribution is -0.137. The molecule has 0 amide bonds. The molecule has 0 radical (unpaired) electrons. The van der Waals surface area contributed by atoms with Gasteiger partial charge < -0.3 is 5.73 Å². The Kier molecular flexibility index (Phi) is 6.40. The Morgan fingerprint density at radius 3 is 2.33 bits per heavy atom. The van der Waals surface area contributed by atoms with Crippen LogP contribution in [0.3, 0.4) is 0 Å². The van der Waals surface area contributed by atoms with Crippen molar-refractivity contribution >= 4 is 24.0 Å². The molecule has 2 N–H and O–H groups in total. The van der Waals surface area contributed by atoms with E-state index >= 15 is 0 Å². The monoisotopic (exact) mass is 305 g/mol. The summed E-state index contributed by atoms with van der Waals surface area (Å²) < 4.78 is 51.1.